The van der Waals surface area contributed by atoms with E-state index in [0.717, 1.165) is 25.7 Å². The third kappa shape index (κ3) is 3.41. The summed E-state index contributed by atoms with van der Waals surface area (Å²) in [7, 11) is 0. The van der Waals surface area contributed by atoms with Crippen molar-refractivity contribution in [2.45, 2.75) is 58.0 Å². The highest BCUT2D eigenvalue weighted by Crippen LogP contribution is 2.27. The average molecular weight is 357 g/mol. The second-order valence-corrected chi connectivity index (χ2v) is 7.07. The lowest BCUT2D eigenvalue weighted by molar-refractivity contribution is -0.131. The Labute approximate surface area is 152 Å². The fraction of sp³-hybridized carbons (Fsp3) is 0.450. The van der Waals surface area contributed by atoms with Crippen LogP contribution in [0.2, 0.25) is 0 Å². The van der Waals surface area contributed by atoms with Gasteiger partial charge in [-0.15, -0.1) is 0 Å². The number of halogens is 1. The van der Waals surface area contributed by atoms with Crippen LogP contribution in [0.15, 0.2) is 30.5 Å². The smallest absolute Gasteiger partial charge is 0.323 e. The summed E-state index contributed by atoms with van der Waals surface area (Å²) in [5.41, 5.74) is 0.263. The first-order chi connectivity index (χ1) is 12.5. The number of carbonyl (C=O) groups is 2. The zero-order valence-corrected chi connectivity index (χ0v) is 15.2. The van der Waals surface area contributed by atoms with E-state index < -0.39 is 11.6 Å². The highest BCUT2D eigenvalue weighted by molar-refractivity contribution is 6.06. The number of benzene rings is 1. The highest BCUT2D eigenvalue weighted by atomic mass is 19.1. The number of nitrogens with zero attached hydrogens (tertiary/aromatic N) is 2. The molecule has 0 bridgehead atoms. The Balaban J connectivity index is 1.79. The Morgan fingerprint density at radius 2 is 2.00 bits per heavy atom. The van der Waals surface area contributed by atoms with Crippen LogP contribution in [0.4, 0.5) is 9.18 Å². The van der Waals surface area contributed by atoms with Crippen molar-refractivity contribution in [2.24, 2.45) is 0 Å². The monoisotopic (exact) mass is 357 g/mol. The van der Waals surface area contributed by atoms with Crippen LogP contribution in [0, 0.1) is 5.82 Å². The maximum atomic E-state index is 14.0. The van der Waals surface area contributed by atoms with Gasteiger partial charge in [0, 0.05) is 11.6 Å². The SMILES string of the molecule is CCCCCCC1(C)NC(=O)N(Cc2ccc(F)c3cccnc23)C1=O. The summed E-state index contributed by atoms with van der Waals surface area (Å²) in [4.78, 5) is 30.7. The fourth-order valence-electron chi connectivity index (χ4n) is 3.46. The van der Waals surface area contributed by atoms with Gasteiger partial charge in [-0.25, -0.2) is 9.18 Å². The summed E-state index contributed by atoms with van der Waals surface area (Å²) >= 11 is 0. The number of pyridine rings is 1. The van der Waals surface area contributed by atoms with Gasteiger partial charge in [0.1, 0.15) is 11.4 Å². The van der Waals surface area contributed by atoms with Gasteiger partial charge in [0.2, 0.25) is 0 Å². The van der Waals surface area contributed by atoms with Crippen molar-refractivity contribution >= 4 is 22.8 Å². The van der Waals surface area contributed by atoms with E-state index in [-0.39, 0.29) is 18.3 Å². The first kappa shape index (κ1) is 18.3. The molecule has 2 aromatic rings. The molecule has 0 radical (unpaired) electrons. The Hall–Kier alpha value is -2.50. The number of carbonyl (C=O) groups excluding carboxylic acids is 2. The third-order valence-corrected chi connectivity index (χ3v) is 5.00. The van der Waals surface area contributed by atoms with Crippen molar-refractivity contribution in [3.05, 3.63) is 41.8 Å². The van der Waals surface area contributed by atoms with Crippen LogP contribution in [-0.4, -0.2) is 27.4 Å². The summed E-state index contributed by atoms with van der Waals surface area (Å²) < 4.78 is 14.0. The molecule has 1 fully saturated rings. The van der Waals surface area contributed by atoms with E-state index in [0.29, 0.717) is 22.9 Å². The average Bonchev–Trinajstić information content (AvgIpc) is 2.84. The molecule has 1 unspecified atom stereocenters. The molecule has 2 heterocycles. The maximum absolute atomic E-state index is 14.0. The second kappa shape index (κ2) is 7.40. The minimum Gasteiger partial charge on any atom is -0.323 e. The lowest BCUT2D eigenvalue weighted by atomic mass is 9.94. The molecule has 1 N–H and O–H groups in total. The van der Waals surface area contributed by atoms with Crippen LogP contribution in [0.1, 0.15) is 51.5 Å². The number of fused-ring (bicyclic) bond motifs is 1. The standard InChI is InChI=1S/C20H24FN3O2/c1-3-4-5-6-11-20(2)18(25)24(19(26)23-20)13-14-9-10-16(21)15-8-7-12-22-17(14)15/h7-10,12H,3-6,11,13H2,1-2H3,(H,23,26). The molecular weight excluding hydrogens is 333 g/mol. The molecule has 6 heteroatoms. The van der Waals surface area contributed by atoms with Crippen molar-refractivity contribution in [3.63, 3.8) is 0 Å². The van der Waals surface area contributed by atoms with E-state index in [2.05, 4.69) is 17.2 Å². The molecule has 1 aliphatic rings. The van der Waals surface area contributed by atoms with E-state index >= 15 is 0 Å². The number of imide groups is 1. The first-order valence-electron chi connectivity index (χ1n) is 9.12. The summed E-state index contributed by atoms with van der Waals surface area (Å²) in [6.07, 6.45) is 6.38. The van der Waals surface area contributed by atoms with Crippen molar-refractivity contribution in [2.75, 3.05) is 0 Å². The maximum Gasteiger partial charge on any atom is 0.325 e. The van der Waals surface area contributed by atoms with Crippen molar-refractivity contribution in [1.82, 2.24) is 15.2 Å². The molecule has 3 amide bonds. The summed E-state index contributed by atoms with van der Waals surface area (Å²) in [5, 5.41) is 3.22. The van der Waals surface area contributed by atoms with Gasteiger partial charge in [0.25, 0.3) is 5.91 Å². The summed E-state index contributed by atoms with van der Waals surface area (Å²) in [6.45, 7) is 4.00. The molecule has 5 nitrogen and oxygen atoms in total. The minimum atomic E-state index is -0.867. The molecular formula is C20H24FN3O2. The molecule has 0 aliphatic carbocycles. The van der Waals surface area contributed by atoms with E-state index in [4.69, 9.17) is 0 Å². The number of urea groups is 1. The van der Waals surface area contributed by atoms with Gasteiger partial charge in [-0.2, -0.15) is 0 Å². The fourth-order valence-corrected chi connectivity index (χ4v) is 3.46. The Morgan fingerprint density at radius 3 is 2.77 bits per heavy atom. The van der Waals surface area contributed by atoms with Crippen molar-refractivity contribution in [1.29, 1.82) is 0 Å². The van der Waals surface area contributed by atoms with Crippen LogP contribution >= 0.6 is 0 Å². The van der Waals surface area contributed by atoms with Gasteiger partial charge < -0.3 is 5.32 Å². The molecule has 1 aromatic carbocycles. The predicted molar refractivity (Wildman–Crippen MR) is 97.9 cm³/mol. The first-order valence-corrected chi connectivity index (χ1v) is 9.12. The molecule has 0 saturated carbocycles. The predicted octanol–water partition coefficient (Wildman–Crippen LogP) is 4.15. The number of rotatable bonds is 7. The van der Waals surface area contributed by atoms with Crippen LogP contribution in [0.3, 0.4) is 0 Å². The van der Waals surface area contributed by atoms with Gasteiger partial charge in [0.05, 0.1) is 12.1 Å². The topological polar surface area (TPSA) is 62.3 Å². The number of hydrogen-bond acceptors (Lipinski definition) is 3. The zero-order valence-electron chi connectivity index (χ0n) is 15.2. The Kier molecular flexibility index (Phi) is 5.20. The highest BCUT2D eigenvalue weighted by Gasteiger charge is 2.47. The Morgan fingerprint density at radius 1 is 1.19 bits per heavy atom. The molecule has 1 saturated heterocycles. The normalized spacial score (nSPS) is 20.0. The Bertz CT molecular complexity index is 839. The van der Waals surface area contributed by atoms with E-state index in [9.17, 15) is 14.0 Å². The second-order valence-electron chi connectivity index (χ2n) is 7.07. The molecule has 138 valence electrons. The molecule has 1 aliphatic heterocycles. The van der Waals surface area contributed by atoms with Crippen LogP contribution < -0.4 is 5.32 Å². The van der Waals surface area contributed by atoms with Crippen LogP contribution in [-0.2, 0) is 11.3 Å². The largest absolute Gasteiger partial charge is 0.325 e. The number of unbranched alkanes of at least 4 members (excludes halogenated alkanes) is 3. The zero-order chi connectivity index (χ0) is 18.7. The van der Waals surface area contributed by atoms with Gasteiger partial charge in [-0.1, -0.05) is 38.7 Å². The van der Waals surface area contributed by atoms with Crippen molar-refractivity contribution in [3.8, 4) is 0 Å². The molecule has 26 heavy (non-hydrogen) atoms. The van der Waals surface area contributed by atoms with E-state index in [1.807, 2.05) is 0 Å². The lowest BCUT2D eigenvalue weighted by Gasteiger charge is -2.21. The minimum absolute atomic E-state index is 0.0863. The van der Waals surface area contributed by atoms with Gasteiger partial charge >= 0.3 is 6.03 Å². The molecule has 0 spiro atoms. The summed E-state index contributed by atoms with van der Waals surface area (Å²) in [6, 6.07) is 5.84. The molecule has 1 aromatic heterocycles. The van der Waals surface area contributed by atoms with Crippen LogP contribution in [0.25, 0.3) is 10.9 Å². The van der Waals surface area contributed by atoms with Gasteiger partial charge in [-0.3, -0.25) is 14.7 Å². The quantitative estimate of drug-likeness (QED) is 0.598. The van der Waals surface area contributed by atoms with E-state index in [1.54, 1.807) is 31.3 Å². The van der Waals surface area contributed by atoms with Gasteiger partial charge in [0.15, 0.2) is 0 Å². The number of aromatic nitrogens is 1. The number of nitrogens with one attached hydrogen (secondary N) is 1. The van der Waals surface area contributed by atoms with E-state index in [1.165, 1.54) is 11.0 Å². The molecule has 3 rings (SSSR count). The van der Waals surface area contributed by atoms with Crippen molar-refractivity contribution < 1.29 is 14.0 Å². The molecule has 1 atom stereocenters. The number of hydrogen-bond donors (Lipinski definition) is 1. The summed E-state index contributed by atoms with van der Waals surface area (Å²) in [5.74, 6) is -0.595. The third-order valence-electron chi connectivity index (χ3n) is 5.00. The van der Waals surface area contributed by atoms with Gasteiger partial charge in [-0.05, 0) is 37.1 Å². The number of amides is 3. The van der Waals surface area contributed by atoms with Crippen LogP contribution in [0.5, 0.6) is 0 Å². The lowest BCUT2D eigenvalue weighted by Crippen LogP contribution is -2.43.